The molecule has 0 saturated carbocycles. The molecule has 1 heterocycles. The van der Waals surface area contributed by atoms with Crippen LogP contribution in [0.4, 0.5) is 4.39 Å². The van der Waals surface area contributed by atoms with Gasteiger partial charge in [0.2, 0.25) is 0 Å². The minimum atomic E-state index is -0.244. The van der Waals surface area contributed by atoms with E-state index in [1.54, 1.807) is 0 Å². The SMILES string of the molecule is CC1(C)CCN(Cc2ccc(F)cc2C#CCN)C1. The maximum Gasteiger partial charge on any atom is 0.124 e. The Kier molecular flexibility index (Phi) is 4.24. The zero-order valence-corrected chi connectivity index (χ0v) is 11.7. The van der Waals surface area contributed by atoms with Gasteiger partial charge in [0.1, 0.15) is 5.82 Å². The van der Waals surface area contributed by atoms with Crippen molar-refractivity contribution in [3.63, 3.8) is 0 Å². The molecule has 0 spiro atoms. The lowest BCUT2D eigenvalue weighted by atomic mass is 9.93. The van der Waals surface area contributed by atoms with Crippen LogP contribution in [0.3, 0.4) is 0 Å². The van der Waals surface area contributed by atoms with Crippen LogP contribution >= 0.6 is 0 Å². The van der Waals surface area contributed by atoms with Crippen LogP contribution in [0.15, 0.2) is 18.2 Å². The fourth-order valence-electron chi connectivity index (χ4n) is 2.55. The average molecular weight is 260 g/mol. The number of nitrogens with zero attached hydrogens (tertiary/aromatic N) is 1. The van der Waals surface area contributed by atoms with Gasteiger partial charge in [-0.1, -0.05) is 31.8 Å². The van der Waals surface area contributed by atoms with E-state index in [-0.39, 0.29) is 5.82 Å². The van der Waals surface area contributed by atoms with E-state index in [9.17, 15) is 4.39 Å². The van der Waals surface area contributed by atoms with Crippen molar-refractivity contribution < 1.29 is 4.39 Å². The van der Waals surface area contributed by atoms with Crippen LogP contribution in [0.25, 0.3) is 0 Å². The van der Waals surface area contributed by atoms with Crippen LogP contribution in [0, 0.1) is 23.1 Å². The molecule has 1 aromatic rings. The molecule has 0 unspecified atom stereocenters. The molecule has 2 nitrogen and oxygen atoms in total. The van der Waals surface area contributed by atoms with Gasteiger partial charge in [0.25, 0.3) is 0 Å². The molecule has 2 N–H and O–H groups in total. The third-order valence-electron chi connectivity index (χ3n) is 3.55. The van der Waals surface area contributed by atoms with Crippen molar-refractivity contribution in [3.05, 3.63) is 35.1 Å². The highest BCUT2D eigenvalue weighted by Gasteiger charge is 2.29. The zero-order chi connectivity index (χ0) is 13.9. The first-order valence-corrected chi connectivity index (χ1v) is 6.70. The molecule has 1 aliphatic rings. The Morgan fingerprint density at radius 1 is 1.42 bits per heavy atom. The van der Waals surface area contributed by atoms with Crippen LogP contribution < -0.4 is 5.73 Å². The van der Waals surface area contributed by atoms with E-state index >= 15 is 0 Å². The Labute approximate surface area is 114 Å². The maximum absolute atomic E-state index is 13.3. The largest absolute Gasteiger partial charge is 0.320 e. The van der Waals surface area contributed by atoms with Gasteiger partial charge in [0, 0.05) is 18.7 Å². The molecule has 3 heteroatoms. The molecule has 0 aromatic heterocycles. The van der Waals surface area contributed by atoms with Crippen LogP contribution in [-0.4, -0.2) is 24.5 Å². The standard InChI is InChI=1S/C16H21FN2/c1-16(2)7-9-19(12-16)11-14-5-6-15(17)10-13(14)4-3-8-18/h5-6,10H,7-9,11-12,18H2,1-2H3. The molecule has 1 fully saturated rings. The molecule has 0 amide bonds. The van der Waals surface area contributed by atoms with Gasteiger partial charge in [-0.05, 0) is 36.1 Å². The molecule has 19 heavy (non-hydrogen) atoms. The molecule has 1 aromatic carbocycles. The molecular formula is C16H21FN2. The van der Waals surface area contributed by atoms with Gasteiger partial charge in [-0.3, -0.25) is 4.90 Å². The van der Waals surface area contributed by atoms with Crippen molar-refractivity contribution in [2.75, 3.05) is 19.6 Å². The van der Waals surface area contributed by atoms with E-state index < -0.39 is 0 Å². The van der Waals surface area contributed by atoms with E-state index in [0.29, 0.717) is 12.0 Å². The van der Waals surface area contributed by atoms with Crippen LogP contribution in [0.5, 0.6) is 0 Å². The van der Waals surface area contributed by atoms with Crippen molar-refractivity contribution in [3.8, 4) is 11.8 Å². The molecule has 0 bridgehead atoms. The highest BCUT2D eigenvalue weighted by atomic mass is 19.1. The number of benzene rings is 1. The molecule has 0 radical (unpaired) electrons. The second-order valence-corrected chi connectivity index (χ2v) is 5.93. The number of halogens is 1. The molecule has 102 valence electrons. The summed E-state index contributed by atoms with van der Waals surface area (Å²) in [4.78, 5) is 2.40. The van der Waals surface area contributed by atoms with Gasteiger partial charge in [0.05, 0.1) is 6.54 Å². The molecule has 1 saturated heterocycles. The summed E-state index contributed by atoms with van der Waals surface area (Å²) in [6, 6.07) is 4.84. The van der Waals surface area contributed by atoms with E-state index in [2.05, 4.69) is 30.6 Å². The predicted molar refractivity (Wildman–Crippen MR) is 76.0 cm³/mol. The number of hydrogen-bond acceptors (Lipinski definition) is 2. The van der Waals surface area contributed by atoms with Crippen molar-refractivity contribution in [1.82, 2.24) is 4.90 Å². The van der Waals surface area contributed by atoms with E-state index in [0.717, 1.165) is 30.8 Å². The minimum Gasteiger partial charge on any atom is -0.320 e. The van der Waals surface area contributed by atoms with Crippen molar-refractivity contribution in [2.45, 2.75) is 26.8 Å². The molecular weight excluding hydrogens is 239 g/mol. The molecule has 0 atom stereocenters. The third-order valence-corrected chi connectivity index (χ3v) is 3.55. The first-order valence-electron chi connectivity index (χ1n) is 6.70. The Morgan fingerprint density at radius 2 is 2.21 bits per heavy atom. The topological polar surface area (TPSA) is 29.3 Å². The number of likely N-dealkylation sites (tertiary alicyclic amines) is 1. The summed E-state index contributed by atoms with van der Waals surface area (Å²) < 4.78 is 13.3. The maximum atomic E-state index is 13.3. The van der Waals surface area contributed by atoms with Crippen molar-refractivity contribution >= 4 is 0 Å². The minimum absolute atomic E-state index is 0.244. The lowest BCUT2D eigenvalue weighted by Crippen LogP contribution is -2.23. The quantitative estimate of drug-likeness (QED) is 0.827. The summed E-state index contributed by atoms with van der Waals surface area (Å²) in [5.74, 6) is 5.53. The van der Waals surface area contributed by atoms with E-state index in [1.807, 2.05) is 6.07 Å². The predicted octanol–water partition coefficient (Wildman–Crippen LogP) is 2.37. The van der Waals surface area contributed by atoms with Gasteiger partial charge < -0.3 is 5.73 Å². The van der Waals surface area contributed by atoms with Crippen molar-refractivity contribution in [2.24, 2.45) is 11.1 Å². The smallest absolute Gasteiger partial charge is 0.124 e. The Bertz CT molecular complexity index is 511. The van der Waals surface area contributed by atoms with Crippen LogP contribution in [-0.2, 0) is 6.54 Å². The molecule has 2 rings (SSSR count). The van der Waals surface area contributed by atoms with Gasteiger partial charge in [-0.25, -0.2) is 4.39 Å². The normalized spacial score (nSPS) is 18.1. The summed E-state index contributed by atoms with van der Waals surface area (Å²) in [6.07, 6.45) is 1.21. The lowest BCUT2D eigenvalue weighted by Gasteiger charge is -2.20. The first kappa shape index (κ1) is 14.0. The lowest BCUT2D eigenvalue weighted by molar-refractivity contribution is 0.284. The van der Waals surface area contributed by atoms with Crippen molar-refractivity contribution in [1.29, 1.82) is 0 Å². The summed E-state index contributed by atoms with van der Waals surface area (Å²) in [5, 5.41) is 0. The highest BCUT2D eigenvalue weighted by Crippen LogP contribution is 2.30. The van der Waals surface area contributed by atoms with Crippen LogP contribution in [0.1, 0.15) is 31.4 Å². The molecule has 1 aliphatic heterocycles. The third kappa shape index (κ3) is 3.79. The number of hydrogen-bond donors (Lipinski definition) is 1. The zero-order valence-electron chi connectivity index (χ0n) is 11.7. The Hall–Kier alpha value is -1.37. The van der Waals surface area contributed by atoms with Crippen LogP contribution in [0.2, 0.25) is 0 Å². The fraction of sp³-hybridized carbons (Fsp3) is 0.500. The average Bonchev–Trinajstić information content (AvgIpc) is 2.69. The Balaban J connectivity index is 2.16. The van der Waals surface area contributed by atoms with E-state index in [1.165, 1.54) is 18.6 Å². The fourth-order valence-corrected chi connectivity index (χ4v) is 2.55. The summed E-state index contributed by atoms with van der Waals surface area (Å²) >= 11 is 0. The first-order chi connectivity index (χ1) is 9.00. The summed E-state index contributed by atoms with van der Waals surface area (Å²) in [5.41, 5.74) is 7.61. The highest BCUT2D eigenvalue weighted by molar-refractivity contribution is 5.42. The number of rotatable bonds is 2. The Morgan fingerprint density at radius 3 is 2.84 bits per heavy atom. The van der Waals surface area contributed by atoms with Gasteiger partial charge >= 0.3 is 0 Å². The second-order valence-electron chi connectivity index (χ2n) is 5.93. The molecule has 0 aliphatic carbocycles. The monoisotopic (exact) mass is 260 g/mol. The summed E-state index contributed by atoms with van der Waals surface area (Å²) in [6.45, 7) is 7.87. The van der Waals surface area contributed by atoms with E-state index in [4.69, 9.17) is 5.73 Å². The second kappa shape index (κ2) is 5.73. The van der Waals surface area contributed by atoms with Gasteiger partial charge in [-0.15, -0.1) is 0 Å². The summed E-state index contributed by atoms with van der Waals surface area (Å²) in [7, 11) is 0. The van der Waals surface area contributed by atoms with Gasteiger partial charge in [-0.2, -0.15) is 0 Å². The number of nitrogens with two attached hydrogens (primary N) is 1. The van der Waals surface area contributed by atoms with Gasteiger partial charge in [0.15, 0.2) is 0 Å².